The van der Waals surface area contributed by atoms with Gasteiger partial charge in [-0.15, -0.1) is 11.3 Å². The van der Waals surface area contributed by atoms with E-state index in [0.717, 1.165) is 12.8 Å². The molecule has 0 atom stereocenters. The van der Waals surface area contributed by atoms with Crippen LogP contribution in [0.1, 0.15) is 22.5 Å². The number of hydrogen-bond acceptors (Lipinski definition) is 5. The standard InChI is InChI=1S/C20H19FN4O3S/c1-25(2)19(26)17-10-14-18(29-17)16(7-8-22-14)28-15-6-5-12(9-13(15)21)24-20(27)23-11-3-4-11/h5-11H,3-4H2,1-2H3,(H2,23,24,27). The molecule has 9 heteroatoms. The molecule has 3 aromatic rings. The molecule has 29 heavy (non-hydrogen) atoms. The second kappa shape index (κ2) is 7.67. The lowest BCUT2D eigenvalue weighted by atomic mass is 10.3. The van der Waals surface area contributed by atoms with Crippen LogP contribution in [0.5, 0.6) is 11.5 Å². The van der Waals surface area contributed by atoms with Crippen molar-refractivity contribution in [3.8, 4) is 11.5 Å². The lowest BCUT2D eigenvalue weighted by Gasteiger charge is -2.10. The fourth-order valence-corrected chi connectivity index (χ4v) is 3.77. The van der Waals surface area contributed by atoms with Gasteiger partial charge in [0.15, 0.2) is 11.6 Å². The van der Waals surface area contributed by atoms with Crippen LogP contribution in [-0.2, 0) is 0 Å². The summed E-state index contributed by atoms with van der Waals surface area (Å²) in [5, 5.41) is 5.38. The fourth-order valence-electron chi connectivity index (χ4n) is 2.68. The third-order valence-electron chi connectivity index (χ3n) is 4.31. The molecule has 0 spiro atoms. The highest BCUT2D eigenvalue weighted by molar-refractivity contribution is 7.21. The van der Waals surface area contributed by atoms with Crippen LogP contribution in [0.15, 0.2) is 36.5 Å². The lowest BCUT2D eigenvalue weighted by Crippen LogP contribution is -2.30. The van der Waals surface area contributed by atoms with Crippen LogP contribution in [-0.4, -0.2) is 42.0 Å². The van der Waals surface area contributed by atoms with Gasteiger partial charge in [0, 0.05) is 44.2 Å². The molecule has 1 aromatic carbocycles. The zero-order chi connectivity index (χ0) is 20.5. The van der Waals surface area contributed by atoms with Gasteiger partial charge < -0.3 is 20.3 Å². The Morgan fingerprint density at radius 2 is 2.00 bits per heavy atom. The fraction of sp³-hybridized carbons (Fsp3) is 0.250. The maximum absolute atomic E-state index is 14.5. The van der Waals surface area contributed by atoms with E-state index in [1.807, 2.05) is 0 Å². The number of ether oxygens (including phenoxy) is 1. The predicted molar refractivity (Wildman–Crippen MR) is 109 cm³/mol. The van der Waals surface area contributed by atoms with Gasteiger partial charge in [-0.25, -0.2) is 9.18 Å². The molecule has 3 amide bonds. The number of rotatable bonds is 5. The van der Waals surface area contributed by atoms with E-state index in [-0.39, 0.29) is 23.7 Å². The van der Waals surface area contributed by atoms with Gasteiger partial charge in [-0.1, -0.05) is 0 Å². The lowest BCUT2D eigenvalue weighted by molar-refractivity contribution is 0.0832. The van der Waals surface area contributed by atoms with Gasteiger partial charge in [0.2, 0.25) is 0 Å². The average molecular weight is 414 g/mol. The number of nitrogens with one attached hydrogen (secondary N) is 2. The molecule has 0 aliphatic heterocycles. The number of urea groups is 1. The average Bonchev–Trinajstić information content (AvgIpc) is 3.37. The molecule has 1 saturated carbocycles. The first-order valence-corrected chi connectivity index (χ1v) is 9.87. The number of anilines is 1. The van der Waals surface area contributed by atoms with Crippen LogP contribution < -0.4 is 15.4 Å². The molecule has 0 radical (unpaired) electrons. The predicted octanol–water partition coefficient (Wildman–Crippen LogP) is 4.21. The zero-order valence-corrected chi connectivity index (χ0v) is 16.7. The molecule has 4 rings (SSSR count). The molecule has 2 N–H and O–H groups in total. The Hall–Kier alpha value is -3.20. The minimum atomic E-state index is -0.611. The summed E-state index contributed by atoms with van der Waals surface area (Å²) in [4.78, 5) is 30.3. The monoisotopic (exact) mass is 414 g/mol. The van der Waals surface area contributed by atoms with Gasteiger partial charge in [-0.05, 0) is 31.0 Å². The number of fused-ring (bicyclic) bond motifs is 1. The summed E-state index contributed by atoms with van der Waals surface area (Å²) in [7, 11) is 3.35. The minimum Gasteiger partial charge on any atom is -0.453 e. The van der Waals surface area contributed by atoms with E-state index in [1.54, 1.807) is 38.5 Å². The van der Waals surface area contributed by atoms with Crippen molar-refractivity contribution >= 4 is 39.2 Å². The van der Waals surface area contributed by atoms with E-state index < -0.39 is 5.82 Å². The SMILES string of the molecule is CN(C)C(=O)c1cc2nccc(Oc3ccc(NC(=O)NC4CC4)cc3F)c2s1. The van der Waals surface area contributed by atoms with E-state index in [9.17, 15) is 14.0 Å². The summed E-state index contributed by atoms with van der Waals surface area (Å²) in [6, 6.07) is 7.40. The number of thiophene rings is 1. The number of pyridine rings is 1. The summed E-state index contributed by atoms with van der Waals surface area (Å²) >= 11 is 1.24. The second-order valence-electron chi connectivity index (χ2n) is 6.95. The molecule has 2 heterocycles. The van der Waals surface area contributed by atoms with Crippen molar-refractivity contribution in [3.63, 3.8) is 0 Å². The van der Waals surface area contributed by atoms with Crippen LogP contribution in [0.25, 0.3) is 10.2 Å². The molecule has 1 aliphatic carbocycles. The number of hydrogen-bond donors (Lipinski definition) is 2. The maximum atomic E-state index is 14.5. The Balaban J connectivity index is 1.54. The molecule has 1 aliphatic rings. The van der Waals surface area contributed by atoms with E-state index in [0.29, 0.717) is 26.5 Å². The zero-order valence-electron chi connectivity index (χ0n) is 15.9. The number of carbonyl (C=O) groups excluding carboxylic acids is 2. The van der Waals surface area contributed by atoms with Crippen molar-refractivity contribution in [2.75, 3.05) is 19.4 Å². The van der Waals surface area contributed by atoms with Crippen LogP contribution in [0, 0.1) is 5.82 Å². The second-order valence-corrected chi connectivity index (χ2v) is 8.01. The van der Waals surface area contributed by atoms with Crippen molar-refractivity contribution < 1.29 is 18.7 Å². The number of halogens is 1. The minimum absolute atomic E-state index is 0.0135. The molecule has 1 fully saturated rings. The Bertz CT molecular complexity index is 1090. The summed E-state index contributed by atoms with van der Waals surface area (Å²) < 4.78 is 20.9. The molecule has 0 unspecified atom stereocenters. The number of amides is 3. The van der Waals surface area contributed by atoms with Gasteiger partial charge in [0.25, 0.3) is 5.91 Å². The van der Waals surface area contributed by atoms with E-state index in [1.165, 1.54) is 28.4 Å². The largest absolute Gasteiger partial charge is 0.453 e. The van der Waals surface area contributed by atoms with Crippen molar-refractivity contribution in [3.05, 3.63) is 47.2 Å². The van der Waals surface area contributed by atoms with Crippen molar-refractivity contribution in [2.24, 2.45) is 0 Å². The quantitative estimate of drug-likeness (QED) is 0.655. The van der Waals surface area contributed by atoms with Crippen molar-refractivity contribution in [1.82, 2.24) is 15.2 Å². The molecular formula is C20H19FN4O3S. The van der Waals surface area contributed by atoms with Crippen LogP contribution in [0.2, 0.25) is 0 Å². The Morgan fingerprint density at radius 3 is 2.69 bits per heavy atom. The number of benzene rings is 1. The summed E-state index contributed by atoms with van der Waals surface area (Å²) in [5.74, 6) is -0.325. The number of aromatic nitrogens is 1. The van der Waals surface area contributed by atoms with Crippen LogP contribution in [0.4, 0.5) is 14.9 Å². The molecular weight excluding hydrogens is 395 g/mol. The number of carbonyl (C=O) groups is 2. The third-order valence-corrected chi connectivity index (χ3v) is 5.44. The summed E-state index contributed by atoms with van der Waals surface area (Å²) in [6.45, 7) is 0. The van der Waals surface area contributed by atoms with Crippen LogP contribution in [0.3, 0.4) is 0 Å². The van der Waals surface area contributed by atoms with E-state index in [4.69, 9.17) is 4.74 Å². The van der Waals surface area contributed by atoms with Gasteiger partial charge in [-0.2, -0.15) is 0 Å². The molecule has 0 saturated heterocycles. The smallest absolute Gasteiger partial charge is 0.319 e. The summed E-state index contributed by atoms with van der Waals surface area (Å²) in [6.07, 6.45) is 3.49. The van der Waals surface area contributed by atoms with Crippen molar-refractivity contribution in [1.29, 1.82) is 0 Å². The first-order chi connectivity index (χ1) is 13.9. The highest BCUT2D eigenvalue weighted by atomic mass is 32.1. The topological polar surface area (TPSA) is 83.6 Å². The van der Waals surface area contributed by atoms with E-state index in [2.05, 4.69) is 15.6 Å². The molecule has 0 bridgehead atoms. The van der Waals surface area contributed by atoms with E-state index >= 15 is 0 Å². The van der Waals surface area contributed by atoms with Gasteiger partial charge in [0.1, 0.15) is 5.75 Å². The maximum Gasteiger partial charge on any atom is 0.319 e. The van der Waals surface area contributed by atoms with Crippen LogP contribution >= 0.6 is 11.3 Å². The Labute approximate surface area is 170 Å². The molecule has 2 aromatic heterocycles. The van der Waals surface area contributed by atoms with Gasteiger partial charge in [-0.3, -0.25) is 9.78 Å². The molecule has 150 valence electrons. The first kappa shape index (κ1) is 19.1. The third kappa shape index (κ3) is 4.29. The summed E-state index contributed by atoms with van der Waals surface area (Å²) in [5.41, 5.74) is 0.941. The van der Waals surface area contributed by atoms with Crippen molar-refractivity contribution in [2.45, 2.75) is 18.9 Å². The highest BCUT2D eigenvalue weighted by Gasteiger charge is 2.23. The molecule has 7 nitrogen and oxygen atoms in total. The van der Waals surface area contributed by atoms with Gasteiger partial charge in [0.05, 0.1) is 15.1 Å². The normalized spacial score (nSPS) is 13.2. The van der Waals surface area contributed by atoms with Gasteiger partial charge >= 0.3 is 6.03 Å². The first-order valence-electron chi connectivity index (χ1n) is 9.06. The highest BCUT2D eigenvalue weighted by Crippen LogP contribution is 2.36. The number of nitrogens with zero attached hydrogens (tertiary/aromatic N) is 2. The Morgan fingerprint density at radius 1 is 1.21 bits per heavy atom. The Kier molecular flexibility index (Phi) is 5.06.